The van der Waals surface area contributed by atoms with Crippen LogP contribution in [0.15, 0.2) is 12.2 Å². The van der Waals surface area contributed by atoms with Gasteiger partial charge in [0.15, 0.2) is 0 Å². The van der Waals surface area contributed by atoms with E-state index in [0.717, 1.165) is 19.6 Å². The normalized spacial score (nSPS) is 23.5. The van der Waals surface area contributed by atoms with Crippen molar-refractivity contribution in [2.45, 2.75) is 12.5 Å². The highest BCUT2D eigenvalue weighted by molar-refractivity contribution is 5.85. The molecule has 1 unspecified atom stereocenters. The van der Waals surface area contributed by atoms with Gasteiger partial charge in [-0.1, -0.05) is 6.08 Å². The lowest BCUT2D eigenvalue weighted by atomic mass is 10.2. The van der Waals surface area contributed by atoms with E-state index >= 15 is 0 Å². The summed E-state index contributed by atoms with van der Waals surface area (Å²) < 4.78 is 5.16. The number of carbonyl (C=O) groups excluding carboxylic acids is 1. The minimum atomic E-state index is -0.403. The minimum Gasteiger partial charge on any atom is -0.380 e. The van der Waals surface area contributed by atoms with Gasteiger partial charge >= 0.3 is 0 Å². The first-order valence-electron chi connectivity index (χ1n) is 4.06. The SMILES string of the molecule is NC(=O)C=CCNC1CCOC1. The van der Waals surface area contributed by atoms with Crippen LogP contribution in [0.5, 0.6) is 0 Å². The quantitative estimate of drug-likeness (QED) is 0.554. The van der Waals surface area contributed by atoms with E-state index in [1.54, 1.807) is 6.08 Å². The monoisotopic (exact) mass is 170 g/mol. The number of carbonyl (C=O) groups is 1. The lowest BCUT2D eigenvalue weighted by Gasteiger charge is -2.06. The van der Waals surface area contributed by atoms with Crippen molar-refractivity contribution in [3.05, 3.63) is 12.2 Å². The van der Waals surface area contributed by atoms with E-state index in [-0.39, 0.29) is 0 Å². The maximum Gasteiger partial charge on any atom is 0.241 e. The van der Waals surface area contributed by atoms with Crippen molar-refractivity contribution in [3.8, 4) is 0 Å². The number of hydrogen-bond donors (Lipinski definition) is 2. The summed E-state index contributed by atoms with van der Waals surface area (Å²) in [6.45, 7) is 2.28. The van der Waals surface area contributed by atoms with E-state index in [1.165, 1.54) is 6.08 Å². The summed E-state index contributed by atoms with van der Waals surface area (Å²) in [6.07, 6.45) is 4.13. The van der Waals surface area contributed by atoms with Crippen LogP contribution in [0.4, 0.5) is 0 Å². The van der Waals surface area contributed by atoms with E-state index in [2.05, 4.69) is 5.32 Å². The first-order valence-corrected chi connectivity index (χ1v) is 4.06. The summed E-state index contributed by atoms with van der Waals surface area (Å²) in [7, 11) is 0. The molecule has 1 fully saturated rings. The Bertz CT molecular complexity index is 174. The molecule has 3 N–H and O–H groups in total. The number of hydrogen-bond acceptors (Lipinski definition) is 3. The van der Waals surface area contributed by atoms with Gasteiger partial charge in [-0.3, -0.25) is 4.79 Å². The number of amides is 1. The molecule has 0 saturated carbocycles. The summed E-state index contributed by atoms with van der Waals surface area (Å²) in [6, 6.07) is 0.433. The topological polar surface area (TPSA) is 64.4 Å². The Balaban J connectivity index is 2.05. The van der Waals surface area contributed by atoms with Crippen LogP contribution in [0.2, 0.25) is 0 Å². The molecule has 0 bridgehead atoms. The van der Waals surface area contributed by atoms with E-state index in [0.29, 0.717) is 12.6 Å². The first-order chi connectivity index (χ1) is 5.79. The standard InChI is InChI=1S/C8H14N2O2/c9-8(11)2-1-4-10-7-3-5-12-6-7/h1-2,7,10H,3-6H2,(H2,9,11). The van der Waals surface area contributed by atoms with Crippen LogP contribution in [-0.2, 0) is 9.53 Å². The highest BCUT2D eigenvalue weighted by Gasteiger charge is 2.12. The Morgan fingerprint density at radius 1 is 1.75 bits per heavy atom. The lowest BCUT2D eigenvalue weighted by molar-refractivity contribution is -0.113. The van der Waals surface area contributed by atoms with Crippen LogP contribution in [0.25, 0.3) is 0 Å². The lowest BCUT2D eigenvalue weighted by Crippen LogP contribution is -2.29. The Morgan fingerprint density at radius 2 is 2.58 bits per heavy atom. The van der Waals surface area contributed by atoms with Crippen molar-refractivity contribution in [1.29, 1.82) is 0 Å². The molecule has 0 aliphatic carbocycles. The molecule has 1 saturated heterocycles. The zero-order valence-corrected chi connectivity index (χ0v) is 6.95. The zero-order chi connectivity index (χ0) is 8.81. The largest absolute Gasteiger partial charge is 0.380 e. The van der Waals surface area contributed by atoms with Crippen molar-refractivity contribution < 1.29 is 9.53 Å². The number of rotatable bonds is 4. The Labute approximate surface area is 71.8 Å². The number of nitrogens with one attached hydrogen (secondary N) is 1. The molecule has 1 atom stereocenters. The van der Waals surface area contributed by atoms with Gasteiger partial charge in [0.05, 0.1) is 6.61 Å². The van der Waals surface area contributed by atoms with E-state index < -0.39 is 5.91 Å². The Kier molecular flexibility index (Phi) is 3.76. The molecule has 1 rings (SSSR count). The zero-order valence-electron chi connectivity index (χ0n) is 6.95. The third-order valence-electron chi connectivity index (χ3n) is 1.74. The van der Waals surface area contributed by atoms with Crippen molar-refractivity contribution >= 4 is 5.91 Å². The van der Waals surface area contributed by atoms with Gasteiger partial charge in [-0.05, 0) is 12.5 Å². The Hall–Kier alpha value is -0.870. The molecule has 1 heterocycles. The molecular formula is C8H14N2O2. The highest BCUT2D eigenvalue weighted by Crippen LogP contribution is 2.02. The molecule has 68 valence electrons. The summed E-state index contributed by atoms with van der Waals surface area (Å²) in [4.78, 5) is 10.3. The summed E-state index contributed by atoms with van der Waals surface area (Å²) >= 11 is 0. The second kappa shape index (κ2) is 4.90. The third-order valence-corrected chi connectivity index (χ3v) is 1.74. The molecule has 0 aromatic heterocycles. The van der Waals surface area contributed by atoms with Gasteiger partial charge in [0, 0.05) is 19.2 Å². The van der Waals surface area contributed by atoms with Gasteiger partial charge in [-0.25, -0.2) is 0 Å². The summed E-state index contributed by atoms with van der Waals surface area (Å²) in [5.41, 5.74) is 4.91. The van der Waals surface area contributed by atoms with E-state index in [9.17, 15) is 4.79 Å². The van der Waals surface area contributed by atoms with Crippen molar-refractivity contribution in [2.75, 3.05) is 19.8 Å². The van der Waals surface area contributed by atoms with Crippen LogP contribution >= 0.6 is 0 Å². The molecular weight excluding hydrogens is 156 g/mol. The number of nitrogens with two attached hydrogens (primary N) is 1. The first kappa shape index (κ1) is 9.22. The summed E-state index contributed by atoms with van der Waals surface area (Å²) in [5.74, 6) is -0.403. The van der Waals surface area contributed by atoms with E-state index in [4.69, 9.17) is 10.5 Å². The molecule has 1 aliphatic heterocycles. The van der Waals surface area contributed by atoms with Gasteiger partial charge in [0.2, 0.25) is 5.91 Å². The van der Waals surface area contributed by atoms with Crippen LogP contribution in [0.1, 0.15) is 6.42 Å². The molecule has 0 radical (unpaired) electrons. The fraction of sp³-hybridized carbons (Fsp3) is 0.625. The molecule has 4 nitrogen and oxygen atoms in total. The van der Waals surface area contributed by atoms with Gasteiger partial charge in [0.25, 0.3) is 0 Å². The predicted octanol–water partition coefficient (Wildman–Crippen LogP) is -0.594. The van der Waals surface area contributed by atoms with Gasteiger partial charge in [-0.15, -0.1) is 0 Å². The van der Waals surface area contributed by atoms with Gasteiger partial charge in [-0.2, -0.15) is 0 Å². The predicted molar refractivity (Wildman–Crippen MR) is 45.6 cm³/mol. The van der Waals surface area contributed by atoms with Crippen molar-refractivity contribution in [3.63, 3.8) is 0 Å². The van der Waals surface area contributed by atoms with Crippen LogP contribution in [0, 0.1) is 0 Å². The molecule has 0 aromatic rings. The fourth-order valence-electron chi connectivity index (χ4n) is 1.11. The second-order valence-corrected chi connectivity index (χ2v) is 2.77. The van der Waals surface area contributed by atoms with Crippen molar-refractivity contribution in [1.82, 2.24) is 5.32 Å². The molecule has 4 heteroatoms. The molecule has 1 aliphatic rings. The number of primary amides is 1. The minimum absolute atomic E-state index is 0.403. The Morgan fingerprint density at radius 3 is 3.17 bits per heavy atom. The van der Waals surface area contributed by atoms with E-state index in [1.807, 2.05) is 0 Å². The molecule has 0 aromatic carbocycles. The van der Waals surface area contributed by atoms with Crippen molar-refractivity contribution in [2.24, 2.45) is 5.73 Å². The van der Waals surface area contributed by atoms with Gasteiger partial charge in [0.1, 0.15) is 0 Å². The molecule has 12 heavy (non-hydrogen) atoms. The molecule has 0 spiro atoms. The number of ether oxygens (including phenoxy) is 1. The maximum atomic E-state index is 10.3. The molecule has 1 amide bonds. The van der Waals surface area contributed by atoms with Crippen LogP contribution in [-0.4, -0.2) is 31.7 Å². The van der Waals surface area contributed by atoms with Crippen LogP contribution < -0.4 is 11.1 Å². The average Bonchev–Trinajstić information content (AvgIpc) is 2.49. The smallest absolute Gasteiger partial charge is 0.241 e. The van der Waals surface area contributed by atoms with Crippen LogP contribution in [0.3, 0.4) is 0 Å². The third kappa shape index (κ3) is 3.50. The maximum absolute atomic E-state index is 10.3. The summed E-state index contributed by atoms with van der Waals surface area (Å²) in [5, 5.41) is 3.22. The highest BCUT2D eigenvalue weighted by atomic mass is 16.5. The fourth-order valence-corrected chi connectivity index (χ4v) is 1.11. The van der Waals surface area contributed by atoms with Gasteiger partial charge < -0.3 is 15.8 Å². The second-order valence-electron chi connectivity index (χ2n) is 2.77. The average molecular weight is 170 g/mol.